The summed E-state index contributed by atoms with van der Waals surface area (Å²) in [6.45, 7) is 16.7. The second-order valence-corrected chi connectivity index (χ2v) is 11.9. The highest BCUT2D eigenvalue weighted by Crippen LogP contribution is 2.40. The lowest BCUT2D eigenvalue weighted by atomic mass is 9.67. The number of rotatable bonds is 4. The zero-order valence-corrected chi connectivity index (χ0v) is 22.7. The molecule has 4 nitrogen and oxygen atoms in total. The van der Waals surface area contributed by atoms with E-state index in [9.17, 15) is 0 Å². The average Bonchev–Trinajstić information content (AvgIpc) is 3.18. The third-order valence-corrected chi connectivity index (χ3v) is 8.41. The van der Waals surface area contributed by atoms with Crippen molar-refractivity contribution in [1.29, 1.82) is 0 Å². The quantitative estimate of drug-likeness (QED) is 0.453. The Balaban J connectivity index is 1.74. The molecule has 5 rings (SSSR count). The summed E-state index contributed by atoms with van der Waals surface area (Å²) in [5.41, 5.74) is 4.53. The van der Waals surface area contributed by atoms with E-state index in [4.69, 9.17) is 18.6 Å². The third-order valence-electron chi connectivity index (χ3n) is 8.41. The Kier molecular flexibility index (Phi) is 6.04. The van der Waals surface area contributed by atoms with Gasteiger partial charge in [0.1, 0.15) is 0 Å². The molecule has 0 bridgehead atoms. The lowest BCUT2D eigenvalue weighted by Crippen LogP contribution is -2.41. The van der Waals surface area contributed by atoms with E-state index < -0.39 is 36.6 Å². The van der Waals surface area contributed by atoms with Gasteiger partial charge in [-0.3, -0.25) is 0 Å². The molecule has 3 aromatic rings. The number of hydrogen-bond donors (Lipinski definition) is 0. The highest BCUT2D eigenvalue weighted by atomic mass is 16.7. The van der Waals surface area contributed by atoms with Crippen molar-refractivity contribution < 1.29 is 18.6 Å². The van der Waals surface area contributed by atoms with Crippen LogP contribution in [0.5, 0.6) is 0 Å². The molecule has 0 atom stereocenters. The van der Waals surface area contributed by atoms with E-state index in [-0.39, 0.29) is 0 Å². The summed E-state index contributed by atoms with van der Waals surface area (Å²) in [6, 6.07) is 25.2. The second-order valence-electron chi connectivity index (χ2n) is 11.9. The molecule has 0 saturated carbocycles. The fourth-order valence-electron chi connectivity index (χ4n) is 4.70. The molecule has 2 aliphatic rings. The summed E-state index contributed by atoms with van der Waals surface area (Å²) in [6.07, 6.45) is 0. The zero-order valence-electron chi connectivity index (χ0n) is 22.7. The number of benzene rings is 3. The Morgan fingerprint density at radius 1 is 0.444 bits per heavy atom. The minimum Gasteiger partial charge on any atom is -0.399 e. The van der Waals surface area contributed by atoms with Gasteiger partial charge < -0.3 is 18.6 Å². The highest BCUT2D eigenvalue weighted by molar-refractivity contribution is 6.67. The van der Waals surface area contributed by atoms with Crippen molar-refractivity contribution in [1.82, 2.24) is 0 Å². The van der Waals surface area contributed by atoms with Crippen molar-refractivity contribution in [3.63, 3.8) is 0 Å². The van der Waals surface area contributed by atoms with Gasteiger partial charge in [0.15, 0.2) is 0 Å². The molecule has 0 amide bonds. The lowest BCUT2D eigenvalue weighted by Gasteiger charge is -2.32. The molecule has 0 N–H and O–H groups in total. The Hall–Kier alpha value is -2.37. The standard InChI is InChI=1S/C30H36B2O4/c1-27(2)28(3,4)34-31(33-27)25-19-24(22-17-13-10-14-18-22)26(20-23(25)21-15-11-9-12-16-21)32-35-29(5,6)30(7,8)36-32/h9-20H,1-8H3. The van der Waals surface area contributed by atoms with Crippen molar-refractivity contribution in [3.8, 4) is 22.3 Å². The largest absolute Gasteiger partial charge is 0.495 e. The fourth-order valence-corrected chi connectivity index (χ4v) is 4.70. The summed E-state index contributed by atoms with van der Waals surface area (Å²) in [5.74, 6) is 0. The molecule has 3 aromatic carbocycles. The predicted molar refractivity (Wildman–Crippen MR) is 149 cm³/mol. The monoisotopic (exact) mass is 482 g/mol. The van der Waals surface area contributed by atoms with Crippen LogP contribution in [0.15, 0.2) is 72.8 Å². The Labute approximate surface area is 216 Å². The van der Waals surface area contributed by atoms with Crippen molar-refractivity contribution in [2.75, 3.05) is 0 Å². The van der Waals surface area contributed by atoms with Gasteiger partial charge in [-0.05, 0) is 88.6 Å². The topological polar surface area (TPSA) is 36.9 Å². The Morgan fingerprint density at radius 3 is 1.00 bits per heavy atom. The molecule has 36 heavy (non-hydrogen) atoms. The van der Waals surface area contributed by atoms with Crippen LogP contribution in [-0.2, 0) is 18.6 Å². The van der Waals surface area contributed by atoms with Crippen molar-refractivity contribution in [3.05, 3.63) is 72.8 Å². The molecule has 2 fully saturated rings. The first-order valence-corrected chi connectivity index (χ1v) is 12.8. The zero-order chi connectivity index (χ0) is 25.9. The molecule has 2 aliphatic heterocycles. The number of hydrogen-bond acceptors (Lipinski definition) is 4. The van der Waals surface area contributed by atoms with Crippen LogP contribution in [-0.4, -0.2) is 36.6 Å². The van der Waals surface area contributed by atoms with Crippen LogP contribution in [0.2, 0.25) is 0 Å². The molecular formula is C30H36B2O4. The molecule has 186 valence electrons. The van der Waals surface area contributed by atoms with E-state index in [2.05, 4.69) is 116 Å². The molecule has 0 aliphatic carbocycles. The molecule has 0 aromatic heterocycles. The Bertz CT molecular complexity index is 1120. The first kappa shape index (κ1) is 25.3. The van der Waals surface area contributed by atoms with Crippen molar-refractivity contribution in [2.24, 2.45) is 0 Å². The maximum atomic E-state index is 6.55. The third kappa shape index (κ3) is 4.24. The van der Waals surface area contributed by atoms with E-state index in [0.29, 0.717) is 0 Å². The van der Waals surface area contributed by atoms with Gasteiger partial charge in [-0.1, -0.05) is 72.8 Å². The van der Waals surface area contributed by atoms with Gasteiger partial charge >= 0.3 is 14.2 Å². The van der Waals surface area contributed by atoms with Gasteiger partial charge in [-0.15, -0.1) is 0 Å². The SMILES string of the molecule is CC1(C)OB(c2cc(-c3ccccc3)c(B3OC(C)(C)C(C)(C)O3)cc2-c2ccccc2)OC1(C)C. The summed E-state index contributed by atoms with van der Waals surface area (Å²) in [7, 11) is -1.000. The smallest absolute Gasteiger partial charge is 0.399 e. The van der Waals surface area contributed by atoms with Crippen LogP contribution in [0, 0.1) is 0 Å². The van der Waals surface area contributed by atoms with E-state index in [1.165, 1.54) is 0 Å². The van der Waals surface area contributed by atoms with E-state index in [1.54, 1.807) is 0 Å². The van der Waals surface area contributed by atoms with E-state index in [0.717, 1.165) is 33.2 Å². The van der Waals surface area contributed by atoms with E-state index in [1.807, 2.05) is 12.1 Å². The van der Waals surface area contributed by atoms with Crippen LogP contribution < -0.4 is 10.9 Å². The van der Waals surface area contributed by atoms with Crippen LogP contribution in [0.4, 0.5) is 0 Å². The van der Waals surface area contributed by atoms with Crippen LogP contribution in [0.1, 0.15) is 55.4 Å². The Morgan fingerprint density at radius 2 is 0.722 bits per heavy atom. The highest BCUT2D eigenvalue weighted by Gasteiger charge is 2.54. The van der Waals surface area contributed by atoms with E-state index >= 15 is 0 Å². The summed E-state index contributed by atoms with van der Waals surface area (Å²) in [5, 5.41) is 0. The molecular weight excluding hydrogens is 446 g/mol. The van der Waals surface area contributed by atoms with Gasteiger partial charge in [-0.25, -0.2) is 0 Å². The molecule has 2 heterocycles. The minimum atomic E-state index is -0.500. The summed E-state index contributed by atoms with van der Waals surface area (Å²) in [4.78, 5) is 0. The van der Waals surface area contributed by atoms with Crippen LogP contribution >= 0.6 is 0 Å². The van der Waals surface area contributed by atoms with Gasteiger partial charge in [0.25, 0.3) is 0 Å². The van der Waals surface area contributed by atoms with Crippen LogP contribution in [0.3, 0.4) is 0 Å². The normalized spacial score (nSPS) is 21.7. The molecule has 0 unspecified atom stereocenters. The summed E-state index contributed by atoms with van der Waals surface area (Å²) < 4.78 is 26.2. The van der Waals surface area contributed by atoms with Gasteiger partial charge in [0.2, 0.25) is 0 Å². The van der Waals surface area contributed by atoms with Gasteiger partial charge in [-0.2, -0.15) is 0 Å². The molecule has 2 saturated heterocycles. The van der Waals surface area contributed by atoms with Crippen molar-refractivity contribution >= 4 is 25.2 Å². The van der Waals surface area contributed by atoms with Gasteiger partial charge in [0.05, 0.1) is 22.4 Å². The first-order chi connectivity index (χ1) is 16.8. The lowest BCUT2D eigenvalue weighted by molar-refractivity contribution is 0.00578. The molecule has 6 heteroatoms. The van der Waals surface area contributed by atoms with Crippen molar-refractivity contribution in [2.45, 2.75) is 77.8 Å². The predicted octanol–water partition coefficient (Wildman–Crippen LogP) is 5.62. The molecule has 0 spiro atoms. The van der Waals surface area contributed by atoms with Gasteiger partial charge in [0, 0.05) is 0 Å². The maximum Gasteiger partial charge on any atom is 0.495 e. The fraction of sp³-hybridized carbons (Fsp3) is 0.400. The minimum absolute atomic E-state index is 0.442. The average molecular weight is 482 g/mol. The second kappa shape index (κ2) is 8.59. The molecule has 0 radical (unpaired) electrons. The summed E-state index contributed by atoms with van der Waals surface area (Å²) >= 11 is 0. The maximum absolute atomic E-state index is 6.55. The van der Waals surface area contributed by atoms with Crippen LogP contribution in [0.25, 0.3) is 22.3 Å². The first-order valence-electron chi connectivity index (χ1n) is 12.8.